The van der Waals surface area contributed by atoms with Crippen LogP contribution in [0.5, 0.6) is 0 Å². The van der Waals surface area contributed by atoms with Gasteiger partial charge in [-0.2, -0.15) is 0 Å². The predicted octanol–water partition coefficient (Wildman–Crippen LogP) is 11.9. The highest BCUT2D eigenvalue weighted by Crippen LogP contribution is 2.43. The number of aromatic nitrogens is 2. The molecule has 1 aliphatic rings. The van der Waals surface area contributed by atoms with Crippen molar-refractivity contribution in [1.82, 2.24) is 9.13 Å². The Bertz CT molecular complexity index is 2520. The molecule has 1 aliphatic carbocycles. The average Bonchev–Trinajstić information content (AvgIpc) is 3.62. The van der Waals surface area contributed by atoms with Gasteiger partial charge in [0.15, 0.2) is 0 Å². The Morgan fingerprint density at radius 3 is 1.89 bits per heavy atom. The van der Waals surface area contributed by atoms with Crippen LogP contribution in [0.25, 0.3) is 71.6 Å². The largest absolute Gasteiger partial charge is 0.331 e. The summed E-state index contributed by atoms with van der Waals surface area (Å²) in [5.41, 5.74) is 13.9. The van der Waals surface area contributed by atoms with Gasteiger partial charge < -0.3 is 9.13 Å². The first-order valence-corrected chi connectivity index (χ1v) is 16.2. The van der Waals surface area contributed by atoms with Crippen LogP contribution in [0.2, 0.25) is 0 Å². The Kier molecular flexibility index (Phi) is 6.11. The van der Waals surface area contributed by atoms with Gasteiger partial charge >= 0.3 is 0 Å². The third-order valence-corrected chi connectivity index (χ3v) is 9.89. The van der Waals surface area contributed by atoms with Gasteiger partial charge in [-0.15, -0.1) is 0 Å². The van der Waals surface area contributed by atoms with Crippen molar-refractivity contribution in [2.45, 2.75) is 26.3 Å². The van der Waals surface area contributed by atoms with Crippen molar-refractivity contribution in [3.05, 3.63) is 163 Å². The first-order chi connectivity index (χ1) is 22.7. The van der Waals surface area contributed by atoms with E-state index >= 15 is 0 Å². The fourth-order valence-corrected chi connectivity index (χ4v) is 7.77. The monoisotopic (exact) mass is 590 g/mol. The molecule has 0 aliphatic heterocycles. The number of rotatable bonds is 4. The van der Waals surface area contributed by atoms with Gasteiger partial charge in [0.05, 0.1) is 22.6 Å². The number of aryl methyl sites for hydroxylation is 2. The van der Waals surface area contributed by atoms with Crippen molar-refractivity contribution < 1.29 is 0 Å². The molecule has 8 aromatic rings. The number of nitrogens with zero attached hydrogens (tertiary/aromatic N) is 2. The molecular weight excluding hydrogens is 556 g/mol. The average molecular weight is 591 g/mol. The molecule has 0 bridgehead atoms. The summed E-state index contributed by atoms with van der Waals surface area (Å²) in [6.45, 7) is 4.48. The Labute approximate surface area is 269 Å². The molecular formula is C44H34N2. The van der Waals surface area contributed by atoms with Gasteiger partial charge in [0.1, 0.15) is 0 Å². The Morgan fingerprint density at radius 2 is 1.17 bits per heavy atom. The number of benzene rings is 6. The summed E-state index contributed by atoms with van der Waals surface area (Å²) in [6, 6.07) is 47.2. The minimum atomic E-state index is 0.260. The van der Waals surface area contributed by atoms with Crippen LogP contribution in [0, 0.1) is 13.8 Å². The van der Waals surface area contributed by atoms with Gasteiger partial charge in [-0.05, 0) is 77.9 Å². The fraction of sp³-hybridized carbons (Fsp3) is 0.0909. The van der Waals surface area contributed by atoms with E-state index in [1.54, 1.807) is 0 Å². The summed E-state index contributed by atoms with van der Waals surface area (Å²) >= 11 is 0. The van der Waals surface area contributed by atoms with Crippen LogP contribution in [0.1, 0.15) is 23.6 Å². The van der Waals surface area contributed by atoms with E-state index < -0.39 is 0 Å². The molecule has 2 heteroatoms. The second-order valence-corrected chi connectivity index (χ2v) is 12.6. The first kappa shape index (κ1) is 26.8. The third-order valence-electron chi connectivity index (χ3n) is 9.89. The fourth-order valence-electron chi connectivity index (χ4n) is 7.77. The number of hydrogen-bond donors (Lipinski definition) is 0. The summed E-state index contributed by atoms with van der Waals surface area (Å²) in [7, 11) is 0. The van der Waals surface area contributed by atoms with E-state index in [-0.39, 0.29) is 6.04 Å². The van der Waals surface area contributed by atoms with Gasteiger partial charge in [-0.25, -0.2) is 0 Å². The topological polar surface area (TPSA) is 9.86 Å². The zero-order valence-electron chi connectivity index (χ0n) is 26.1. The van der Waals surface area contributed by atoms with Crippen LogP contribution >= 0.6 is 0 Å². The molecule has 0 amide bonds. The summed E-state index contributed by atoms with van der Waals surface area (Å²) in [4.78, 5) is 0. The summed E-state index contributed by atoms with van der Waals surface area (Å²) < 4.78 is 5.09. The number of hydrogen-bond acceptors (Lipinski definition) is 0. The van der Waals surface area contributed by atoms with Crippen LogP contribution in [-0.2, 0) is 0 Å². The van der Waals surface area contributed by atoms with Crippen LogP contribution in [0.15, 0.2) is 152 Å². The van der Waals surface area contributed by atoms with Crippen molar-refractivity contribution in [2.24, 2.45) is 0 Å². The second kappa shape index (κ2) is 10.5. The Hall–Kier alpha value is -5.60. The molecule has 46 heavy (non-hydrogen) atoms. The molecule has 1 atom stereocenters. The maximum Gasteiger partial charge on any atom is 0.0785 e. The molecule has 2 nitrogen and oxygen atoms in total. The van der Waals surface area contributed by atoms with Crippen LogP contribution in [0.4, 0.5) is 0 Å². The van der Waals surface area contributed by atoms with E-state index in [0.717, 1.165) is 6.42 Å². The molecule has 1 unspecified atom stereocenters. The van der Waals surface area contributed by atoms with Crippen molar-refractivity contribution in [3.63, 3.8) is 0 Å². The van der Waals surface area contributed by atoms with E-state index in [1.165, 1.54) is 82.7 Å². The van der Waals surface area contributed by atoms with Gasteiger partial charge in [-0.1, -0.05) is 127 Å². The number of para-hydroxylation sites is 2. The molecule has 0 spiro atoms. The van der Waals surface area contributed by atoms with Crippen LogP contribution < -0.4 is 0 Å². The van der Waals surface area contributed by atoms with Gasteiger partial charge in [0.2, 0.25) is 0 Å². The Balaban J connectivity index is 1.29. The lowest BCUT2D eigenvalue weighted by atomic mass is 9.93. The maximum atomic E-state index is 2.58. The van der Waals surface area contributed by atoms with E-state index in [9.17, 15) is 0 Å². The summed E-state index contributed by atoms with van der Waals surface area (Å²) in [5.74, 6) is 0. The minimum Gasteiger partial charge on any atom is -0.331 e. The normalized spacial score (nSPS) is 14.7. The Morgan fingerprint density at radius 1 is 0.522 bits per heavy atom. The highest BCUT2D eigenvalue weighted by Gasteiger charge is 2.23. The molecule has 0 N–H and O–H groups in total. The smallest absolute Gasteiger partial charge is 0.0785 e. The summed E-state index contributed by atoms with van der Waals surface area (Å²) in [6.07, 6.45) is 9.98. The van der Waals surface area contributed by atoms with Crippen LogP contribution in [-0.4, -0.2) is 9.13 Å². The van der Waals surface area contributed by atoms with E-state index in [2.05, 4.69) is 175 Å². The molecule has 0 radical (unpaired) electrons. The first-order valence-electron chi connectivity index (χ1n) is 16.2. The molecule has 0 fully saturated rings. The van der Waals surface area contributed by atoms with Gasteiger partial charge in [0.25, 0.3) is 0 Å². The highest BCUT2D eigenvalue weighted by molar-refractivity contribution is 6.23. The zero-order valence-corrected chi connectivity index (χ0v) is 26.1. The SMILES string of the molecule is Cc1cc(-c2ccccc2)ccc1-c1ccc(-n2c3ccccc3c3ccc4c5ccccc5n(C5C=CC=CC5)c4c32)cc1C. The van der Waals surface area contributed by atoms with Gasteiger partial charge in [0, 0.05) is 32.7 Å². The zero-order chi connectivity index (χ0) is 30.8. The standard InChI is InChI=1S/C44H34N2/c1-29-27-32(31-13-5-3-6-14-31)21-23-35(29)36-24-22-34(28-30(36)2)46-42-20-12-10-18-38(42)40-26-25-39-37-17-9-11-19-41(37)45(43(39)44(40)46)33-15-7-4-8-16-33/h3-15,17-28,33H,16H2,1-2H3. The second-order valence-electron chi connectivity index (χ2n) is 12.6. The molecule has 6 aromatic carbocycles. The van der Waals surface area contributed by atoms with E-state index in [4.69, 9.17) is 0 Å². The molecule has 9 rings (SSSR count). The lowest BCUT2D eigenvalue weighted by Crippen LogP contribution is -2.08. The third kappa shape index (κ3) is 4.03. The van der Waals surface area contributed by atoms with E-state index in [0.29, 0.717) is 0 Å². The van der Waals surface area contributed by atoms with Crippen molar-refractivity contribution in [3.8, 4) is 27.9 Å². The molecule has 0 saturated heterocycles. The van der Waals surface area contributed by atoms with E-state index in [1.807, 2.05) is 0 Å². The number of fused-ring (bicyclic) bond motifs is 7. The van der Waals surface area contributed by atoms with Crippen molar-refractivity contribution in [1.29, 1.82) is 0 Å². The number of allylic oxidation sites excluding steroid dienone is 4. The van der Waals surface area contributed by atoms with Gasteiger partial charge in [-0.3, -0.25) is 0 Å². The van der Waals surface area contributed by atoms with Crippen LogP contribution in [0.3, 0.4) is 0 Å². The molecule has 2 aromatic heterocycles. The molecule has 2 heterocycles. The maximum absolute atomic E-state index is 2.58. The molecule has 220 valence electrons. The quantitative estimate of drug-likeness (QED) is 0.193. The minimum absolute atomic E-state index is 0.260. The lowest BCUT2D eigenvalue weighted by Gasteiger charge is -2.20. The predicted molar refractivity (Wildman–Crippen MR) is 196 cm³/mol. The molecule has 0 saturated carbocycles. The van der Waals surface area contributed by atoms with Crippen molar-refractivity contribution >= 4 is 43.6 Å². The summed E-state index contributed by atoms with van der Waals surface area (Å²) in [5, 5.41) is 5.18. The highest BCUT2D eigenvalue weighted by atomic mass is 15.1. The van der Waals surface area contributed by atoms with Crippen molar-refractivity contribution in [2.75, 3.05) is 0 Å². The lowest BCUT2D eigenvalue weighted by molar-refractivity contribution is 0.648.